The Kier molecular flexibility index (Phi) is 4.69. The van der Waals surface area contributed by atoms with Crippen molar-refractivity contribution in [1.29, 1.82) is 0 Å². The van der Waals surface area contributed by atoms with E-state index < -0.39 is 15.4 Å². The van der Waals surface area contributed by atoms with Crippen LogP contribution in [0.25, 0.3) is 16.8 Å². The molecule has 0 radical (unpaired) electrons. The third-order valence-electron chi connectivity index (χ3n) is 3.57. The first kappa shape index (κ1) is 17.7. The van der Waals surface area contributed by atoms with Gasteiger partial charge in [0.1, 0.15) is 5.02 Å². The van der Waals surface area contributed by atoms with Crippen molar-refractivity contribution in [3.05, 3.63) is 75.1 Å². The van der Waals surface area contributed by atoms with Crippen LogP contribution in [-0.2, 0) is 9.84 Å². The van der Waals surface area contributed by atoms with E-state index in [0.717, 1.165) is 10.9 Å². The zero-order chi connectivity index (χ0) is 18.2. The molecule has 0 N–H and O–H groups in total. The van der Waals surface area contributed by atoms with Crippen molar-refractivity contribution in [3.8, 4) is 16.8 Å². The molecular weight excluding hydrogens is 383 g/mol. The predicted molar refractivity (Wildman–Crippen MR) is 98.4 cm³/mol. The highest BCUT2D eigenvalue weighted by atomic mass is 35.5. The maximum atomic E-state index is 12.5. The summed E-state index contributed by atoms with van der Waals surface area (Å²) in [5, 5.41) is 4.60. The molecule has 5 nitrogen and oxygen atoms in total. The normalized spacial score (nSPS) is 11.5. The molecule has 1 aromatic heterocycles. The van der Waals surface area contributed by atoms with Crippen LogP contribution in [0, 0.1) is 0 Å². The van der Waals surface area contributed by atoms with Gasteiger partial charge < -0.3 is 0 Å². The van der Waals surface area contributed by atoms with Crippen LogP contribution in [0.15, 0.2) is 64.4 Å². The summed E-state index contributed by atoms with van der Waals surface area (Å²) in [6.07, 6.45) is 2.59. The number of hydrogen-bond donors (Lipinski definition) is 0. The average molecular weight is 395 g/mol. The van der Waals surface area contributed by atoms with Gasteiger partial charge in [0.15, 0.2) is 9.84 Å². The van der Waals surface area contributed by atoms with E-state index in [1.165, 1.54) is 18.3 Å². The van der Waals surface area contributed by atoms with Gasteiger partial charge in [-0.15, -0.1) is 0 Å². The van der Waals surface area contributed by atoms with Crippen LogP contribution >= 0.6 is 23.2 Å². The molecule has 0 spiro atoms. The molecule has 128 valence electrons. The van der Waals surface area contributed by atoms with E-state index >= 15 is 0 Å². The second-order valence-electron chi connectivity index (χ2n) is 5.37. The number of sulfone groups is 1. The molecule has 0 aliphatic heterocycles. The third-order valence-corrected chi connectivity index (χ3v) is 5.29. The van der Waals surface area contributed by atoms with Crippen LogP contribution in [0.1, 0.15) is 0 Å². The molecule has 25 heavy (non-hydrogen) atoms. The minimum absolute atomic E-state index is 0.0120. The van der Waals surface area contributed by atoms with Gasteiger partial charge in [-0.2, -0.15) is 9.78 Å². The number of nitrogens with zero attached hydrogens (tertiary/aromatic N) is 2. The first-order chi connectivity index (χ1) is 11.8. The fourth-order valence-corrected chi connectivity index (χ4v) is 3.36. The Morgan fingerprint density at radius 2 is 1.72 bits per heavy atom. The van der Waals surface area contributed by atoms with Gasteiger partial charge in [-0.1, -0.05) is 41.4 Å². The minimum Gasteiger partial charge on any atom is -0.266 e. The molecule has 8 heteroatoms. The lowest BCUT2D eigenvalue weighted by Crippen LogP contribution is -2.21. The lowest BCUT2D eigenvalue weighted by atomic mass is 10.1. The summed E-state index contributed by atoms with van der Waals surface area (Å²) in [4.78, 5) is 12.7. The lowest BCUT2D eigenvalue weighted by Gasteiger charge is -2.09. The molecule has 3 rings (SSSR count). The molecule has 0 unspecified atom stereocenters. The Balaban J connectivity index is 2.08. The molecule has 0 saturated heterocycles. The summed E-state index contributed by atoms with van der Waals surface area (Å²) < 4.78 is 24.2. The number of rotatable bonds is 3. The van der Waals surface area contributed by atoms with Gasteiger partial charge in [-0.25, -0.2) is 8.42 Å². The zero-order valence-corrected chi connectivity index (χ0v) is 15.3. The molecule has 0 saturated carbocycles. The summed E-state index contributed by atoms with van der Waals surface area (Å²) in [5.74, 6) is 0. The minimum atomic E-state index is -3.29. The van der Waals surface area contributed by atoms with Crippen LogP contribution in [0.3, 0.4) is 0 Å². The Morgan fingerprint density at radius 3 is 2.32 bits per heavy atom. The molecule has 0 aliphatic carbocycles. The summed E-state index contributed by atoms with van der Waals surface area (Å²) in [5.41, 5.74) is 1.03. The Hall–Kier alpha value is -2.15. The van der Waals surface area contributed by atoms with E-state index in [4.69, 9.17) is 23.2 Å². The maximum absolute atomic E-state index is 12.5. The summed E-state index contributed by atoms with van der Waals surface area (Å²) in [6, 6.07) is 12.8. The molecule has 0 aliphatic rings. The van der Waals surface area contributed by atoms with E-state index in [2.05, 4.69) is 5.10 Å². The number of benzene rings is 2. The SMILES string of the molecule is CS(=O)(=O)c1ccc(-c2cnn(-c3cccc(Cl)c3)c(=O)c2Cl)cc1. The van der Waals surface area contributed by atoms with Crippen molar-refractivity contribution < 1.29 is 8.42 Å². The molecule has 0 bridgehead atoms. The van der Waals surface area contributed by atoms with Crippen molar-refractivity contribution >= 4 is 33.0 Å². The Labute approximate surface area is 154 Å². The number of halogens is 2. The largest absolute Gasteiger partial charge is 0.290 e. The Morgan fingerprint density at radius 1 is 1.04 bits per heavy atom. The monoisotopic (exact) mass is 394 g/mol. The first-order valence-electron chi connectivity index (χ1n) is 7.11. The van der Waals surface area contributed by atoms with E-state index in [1.54, 1.807) is 36.4 Å². The van der Waals surface area contributed by atoms with E-state index in [0.29, 0.717) is 21.8 Å². The van der Waals surface area contributed by atoms with Crippen LogP contribution in [-0.4, -0.2) is 24.5 Å². The van der Waals surface area contributed by atoms with Crippen LogP contribution in [0.2, 0.25) is 10.0 Å². The predicted octanol–water partition coefficient (Wildman–Crippen LogP) is 3.61. The second-order valence-corrected chi connectivity index (χ2v) is 8.20. The fourth-order valence-electron chi connectivity index (χ4n) is 2.31. The fraction of sp³-hybridized carbons (Fsp3) is 0.0588. The van der Waals surface area contributed by atoms with E-state index in [1.807, 2.05) is 0 Å². The van der Waals surface area contributed by atoms with Gasteiger partial charge in [0.25, 0.3) is 5.56 Å². The van der Waals surface area contributed by atoms with Gasteiger partial charge in [0, 0.05) is 16.8 Å². The highest BCUT2D eigenvalue weighted by Crippen LogP contribution is 2.26. The van der Waals surface area contributed by atoms with Crippen LogP contribution in [0.5, 0.6) is 0 Å². The van der Waals surface area contributed by atoms with Gasteiger partial charge in [0.05, 0.1) is 16.8 Å². The van der Waals surface area contributed by atoms with Gasteiger partial charge >= 0.3 is 0 Å². The standard InChI is InChI=1S/C17H12Cl2N2O3S/c1-25(23,24)14-7-5-11(6-8-14)15-10-20-21(17(22)16(15)19)13-4-2-3-12(18)9-13/h2-10H,1H3. The lowest BCUT2D eigenvalue weighted by molar-refractivity contribution is 0.602. The summed E-state index contributed by atoms with van der Waals surface area (Å²) in [6.45, 7) is 0. The van der Waals surface area contributed by atoms with E-state index in [-0.39, 0.29) is 9.92 Å². The highest BCUT2D eigenvalue weighted by molar-refractivity contribution is 7.90. The Bertz CT molecular complexity index is 1110. The first-order valence-corrected chi connectivity index (χ1v) is 9.76. The molecule has 0 amide bonds. The van der Waals surface area contributed by atoms with Gasteiger partial charge in [-0.3, -0.25) is 4.79 Å². The van der Waals surface area contributed by atoms with Crippen molar-refractivity contribution in [3.63, 3.8) is 0 Å². The number of hydrogen-bond acceptors (Lipinski definition) is 4. The molecule has 2 aromatic carbocycles. The van der Waals surface area contributed by atoms with Crippen molar-refractivity contribution in [2.45, 2.75) is 4.90 Å². The topological polar surface area (TPSA) is 69.0 Å². The van der Waals surface area contributed by atoms with Gasteiger partial charge in [-0.05, 0) is 35.9 Å². The smallest absolute Gasteiger partial charge is 0.266 e. The molecule has 1 heterocycles. The van der Waals surface area contributed by atoms with Crippen LogP contribution < -0.4 is 5.56 Å². The maximum Gasteiger partial charge on any atom is 0.290 e. The summed E-state index contributed by atoms with van der Waals surface area (Å²) in [7, 11) is -3.29. The molecule has 3 aromatic rings. The van der Waals surface area contributed by atoms with E-state index in [9.17, 15) is 13.2 Å². The second kappa shape index (κ2) is 6.63. The molecular formula is C17H12Cl2N2O3S. The molecule has 0 fully saturated rings. The van der Waals surface area contributed by atoms with Crippen molar-refractivity contribution in [2.24, 2.45) is 0 Å². The number of aromatic nitrogens is 2. The third kappa shape index (κ3) is 3.61. The van der Waals surface area contributed by atoms with Crippen molar-refractivity contribution in [2.75, 3.05) is 6.26 Å². The molecule has 0 atom stereocenters. The average Bonchev–Trinajstić information content (AvgIpc) is 2.56. The van der Waals surface area contributed by atoms with Gasteiger partial charge in [0.2, 0.25) is 0 Å². The summed E-state index contributed by atoms with van der Waals surface area (Å²) >= 11 is 12.2. The zero-order valence-electron chi connectivity index (χ0n) is 13.0. The quantitative estimate of drug-likeness (QED) is 0.680. The highest BCUT2D eigenvalue weighted by Gasteiger charge is 2.14. The van der Waals surface area contributed by atoms with Crippen LogP contribution in [0.4, 0.5) is 0 Å². The van der Waals surface area contributed by atoms with Crippen molar-refractivity contribution in [1.82, 2.24) is 9.78 Å².